The van der Waals surface area contributed by atoms with Gasteiger partial charge in [0.05, 0.1) is 5.60 Å². The molecule has 2 heteroatoms. The average Bonchev–Trinajstić information content (AvgIpc) is 2.22. The Bertz CT molecular complexity index is 191. The van der Waals surface area contributed by atoms with Crippen LogP contribution < -0.4 is 5.32 Å². The van der Waals surface area contributed by atoms with E-state index in [0.29, 0.717) is 12.1 Å². The van der Waals surface area contributed by atoms with Crippen LogP contribution in [0, 0.1) is 0 Å². The van der Waals surface area contributed by atoms with Gasteiger partial charge in [-0.2, -0.15) is 0 Å². The molecule has 0 aromatic heterocycles. The molecular weight excluding hydrogens is 198 g/mol. The van der Waals surface area contributed by atoms with Gasteiger partial charge >= 0.3 is 0 Å². The standard InChI is InChI=1S/C14H29NO/c1-5-7-8-12(6-2)15-13-9-10-16-14(3,4)11-13/h12-13,15H,5-11H2,1-4H3. The normalized spacial score (nSPS) is 26.6. The summed E-state index contributed by atoms with van der Waals surface area (Å²) in [5.41, 5.74) is 0.0684. The zero-order valence-corrected chi connectivity index (χ0v) is 11.5. The van der Waals surface area contributed by atoms with Crippen molar-refractivity contribution in [2.75, 3.05) is 6.61 Å². The third kappa shape index (κ3) is 4.84. The molecule has 2 atom stereocenters. The van der Waals surface area contributed by atoms with Crippen molar-refractivity contribution in [3.63, 3.8) is 0 Å². The Labute approximate surface area is 101 Å². The first-order chi connectivity index (χ1) is 7.57. The lowest BCUT2D eigenvalue weighted by atomic mass is 9.92. The van der Waals surface area contributed by atoms with Gasteiger partial charge in [-0.25, -0.2) is 0 Å². The van der Waals surface area contributed by atoms with Crippen molar-refractivity contribution >= 4 is 0 Å². The third-order valence-electron chi connectivity index (χ3n) is 3.57. The fourth-order valence-electron chi connectivity index (χ4n) is 2.56. The number of rotatable bonds is 6. The molecule has 0 bridgehead atoms. The van der Waals surface area contributed by atoms with Crippen molar-refractivity contribution in [3.8, 4) is 0 Å². The van der Waals surface area contributed by atoms with E-state index in [0.717, 1.165) is 13.0 Å². The smallest absolute Gasteiger partial charge is 0.0641 e. The summed E-state index contributed by atoms with van der Waals surface area (Å²) in [6.45, 7) is 9.87. The highest BCUT2D eigenvalue weighted by molar-refractivity contribution is 4.84. The van der Waals surface area contributed by atoms with E-state index in [1.165, 1.54) is 32.1 Å². The topological polar surface area (TPSA) is 21.3 Å². The van der Waals surface area contributed by atoms with E-state index < -0.39 is 0 Å². The van der Waals surface area contributed by atoms with Gasteiger partial charge in [0.15, 0.2) is 0 Å². The summed E-state index contributed by atoms with van der Waals surface area (Å²) in [7, 11) is 0. The zero-order valence-electron chi connectivity index (χ0n) is 11.5. The van der Waals surface area contributed by atoms with E-state index in [1.807, 2.05) is 0 Å². The maximum atomic E-state index is 5.75. The molecule has 2 unspecified atom stereocenters. The van der Waals surface area contributed by atoms with Crippen LogP contribution in [-0.2, 0) is 4.74 Å². The van der Waals surface area contributed by atoms with Gasteiger partial charge in [-0.3, -0.25) is 0 Å². The van der Waals surface area contributed by atoms with Gasteiger partial charge in [-0.05, 0) is 39.5 Å². The molecule has 0 radical (unpaired) electrons. The summed E-state index contributed by atoms with van der Waals surface area (Å²) >= 11 is 0. The molecule has 2 nitrogen and oxygen atoms in total. The monoisotopic (exact) mass is 227 g/mol. The van der Waals surface area contributed by atoms with Gasteiger partial charge in [0.2, 0.25) is 0 Å². The summed E-state index contributed by atoms with van der Waals surface area (Å²) in [6.07, 6.45) is 7.54. The number of nitrogens with one attached hydrogen (secondary N) is 1. The average molecular weight is 227 g/mol. The minimum Gasteiger partial charge on any atom is -0.375 e. The van der Waals surface area contributed by atoms with Crippen molar-refractivity contribution in [3.05, 3.63) is 0 Å². The van der Waals surface area contributed by atoms with Crippen molar-refractivity contribution in [1.29, 1.82) is 0 Å². The van der Waals surface area contributed by atoms with Gasteiger partial charge < -0.3 is 10.1 Å². The van der Waals surface area contributed by atoms with Crippen molar-refractivity contribution < 1.29 is 4.74 Å². The second kappa shape index (κ2) is 6.61. The first kappa shape index (κ1) is 14.0. The molecule has 1 aliphatic rings. The van der Waals surface area contributed by atoms with Crippen LogP contribution in [0.2, 0.25) is 0 Å². The van der Waals surface area contributed by atoms with Crippen LogP contribution in [0.25, 0.3) is 0 Å². The fraction of sp³-hybridized carbons (Fsp3) is 1.00. The molecule has 0 saturated carbocycles. The van der Waals surface area contributed by atoms with E-state index in [9.17, 15) is 0 Å². The minimum atomic E-state index is 0.0684. The highest BCUT2D eigenvalue weighted by Gasteiger charge is 2.29. The Morgan fingerprint density at radius 2 is 2.12 bits per heavy atom. The lowest BCUT2D eigenvalue weighted by Crippen LogP contribution is -2.47. The Kier molecular flexibility index (Phi) is 5.77. The summed E-state index contributed by atoms with van der Waals surface area (Å²) in [6, 6.07) is 1.37. The van der Waals surface area contributed by atoms with Gasteiger partial charge in [0.1, 0.15) is 0 Å². The number of hydrogen-bond acceptors (Lipinski definition) is 2. The largest absolute Gasteiger partial charge is 0.375 e. The molecule has 0 aliphatic carbocycles. The van der Waals surface area contributed by atoms with Crippen LogP contribution in [0.1, 0.15) is 66.2 Å². The second-order valence-electron chi connectivity index (χ2n) is 5.71. The minimum absolute atomic E-state index is 0.0684. The molecule has 1 fully saturated rings. The molecular formula is C14H29NO. The van der Waals surface area contributed by atoms with E-state index in [-0.39, 0.29) is 5.60 Å². The van der Waals surface area contributed by atoms with Gasteiger partial charge in [0, 0.05) is 18.7 Å². The zero-order chi connectivity index (χ0) is 12.0. The van der Waals surface area contributed by atoms with Crippen LogP contribution in [0.4, 0.5) is 0 Å². The van der Waals surface area contributed by atoms with E-state index >= 15 is 0 Å². The number of hydrogen-bond donors (Lipinski definition) is 1. The molecule has 0 spiro atoms. The molecule has 1 aliphatic heterocycles. The van der Waals surface area contributed by atoms with Gasteiger partial charge in [0.25, 0.3) is 0 Å². The number of ether oxygens (including phenoxy) is 1. The third-order valence-corrected chi connectivity index (χ3v) is 3.57. The van der Waals surface area contributed by atoms with Crippen LogP contribution in [0.3, 0.4) is 0 Å². The van der Waals surface area contributed by atoms with Gasteiger partial charge in [-0.1, -0.05) is 26.7 Å². The maximum absolute atomic E-state index is 5.75. The van der Waals surface area contributed by atoms with Crippen molar-refractivity contribution in [1.82, 2.24) is 5.32 Å². The predicted molar refractivity (Wildman–Crippen MR) is 69.8 cm³/mol. The maximum Gasteiger partial charge on any atom is 0.0641 e. The van der Waals surface area contributed by atoms with Crippen molar-refractivity contribution in [2.24, 2.45) is 0 Å². The summed E-state index contributed by atoms with van der Waals surface area (Å²) in [5.74, 6) is 0. The SMILES string of the molecule is CCCCC(CC)NC1CCOC(C)(C)C1. The molecule has 1 rings (SSSR count). The van der Waals surface area contributed by atoms with Crippen LogP contribution in [0.15, 0.2) is 0 Å². The highest BCUT2D eigenvalue weighted by Crippen LogP contribution is 2.24. The molecule has 0 aromatic carbocycles. The molecule has 1 saturated heterocycles. The molecule has 0 amide bonds. The lowest BCUT2D eigenvalue weighted by molar-refractivity contribution is -0.0643. The molecule has 1 N–H and O–H groups in total. The Morgan fingerprint density at radius 1 is 1.38 bits per heavy atom. The van der Waals surface area contributed by atoms with Crippen LogP contribution in [-0.4, -0.2) is 24.3 Å². The Hall–Kier alpha value is -0.0800. The Morgan fingerprint density at radius 3 is 2.69 bits per heavy atom. The molecule has 0 aromatic rings. The first-order valence-corrected chi connectivity index (χ1v) is 6.97. The lowest BCUT2D eigenvalue weighted by Gasteiger charge is -2.37. The van der Waals surface area contributed by atoms with E-state index in [1.54, 1.807) is 0 Å². The molecule has 1 heterocycles. The first-order valence-electron chi connectivity index (χ1n) is 6.97. The van der Waals surface area contributed by atoms with Gasteiger partial charge in [-0.15, -0.1) is 0 Å². The molecule has 96 valence electrons. The van der Waals surface area contributed by atoms with Crippen LogP contribution >= 0.6 is 0 Å². The van der Waals surface area contributed by atoms with Crippen LogP contribution in [0.5, 0.6) is 0 Å². The fourth-order valence-corrected chi connectivity index (χ4v) is 2.56. The summed E-state index contributed by atoms with van der Waals surface area (Å²) in [4.78, 5) is 0. The van der Waals surface area contributed by atoms with Crippen molar-refractivity contribution in [2.45, 2.75) is 83.9 Å². The second-order valence-corrected chi connectivity index (χ2v) is 5.71. The quantitative estimate of drug-likeness (QED) is 0.750. The highest BCUT2D eigenvalue weighted by atomic mass is 16.5. The van der Waals surface area contributed by atoms with E-state index in [2.05, 4.69) is 33.0 Å². The summed E-state index contributed by atoms with van der Waals surface area (Å²) < 4.78 is 5.75. The predicted octanol–water partition coefficient (Wildman–Crippen LogP) is 3.50. The van der Waals surface area contributed by atoms with E-state index in [4.69, 9.17) is 4.74 Å². The number of unbranched alkanes of at least 4 members (excludes halogenated alkanes) is 1. The summed E-state index contributed by atoms with van der Waals surface area (Å²) in [5, 5.41) is 3.82. The molecule has 16 heavy (non-hydrogen) atoms. The Balaban J connectivity index is 2.33.